The Balaban J connectivity index is 1.97. The Morgan fingerprint density at radius 2 is 2.12 bits per heavy atom. The molecule has 2 heterocycles. The van der Waals surface area contributed by atoms with Crippen LogP contribution < -0.4 is 11.2 Å². The fraction of sp³-hybridized carbons (Fsp3) is 0.385. The minimum atomic E-state index is -4.74. The molecule has 0 aromatic carbocycles. The minimum absolute atomic E-state index is 0.230. The van der Waals surface area contributed by atoms with E-state index in [9.17, 15) is 22.8 Å². The average molecular weight is 409 g/mol. The van der Waals surface area contributed by atoms with Gasteiger partial charge in [0.25, 0.3) is 5.82 Å². The van der Waals surface area contributed by atoms with Crippen molar-refractivity contribution in [2.75, 3.05) is 23.5 Å². The number of hydrogen-bond donors (Lipinski definition) is 2. The summed E-state index contributed by atoms with van der Waals surface area (Å²) in [6.45, 7) is 3.61. The first-order chi connectivity index (χ1) is 12.1. The van der Waals surface area contributed by atoms with E-state index in [2.05, 4.69) is 15.5 Å². The molecule has 2 aromatic rings. The van der Waals surface area contributed by atoms with Gasteiger partial charge in [0.15, 0.2) is 0 Å². The van der Waals surface area contributed by atoms with Crippen LogP contribution in [-0.4, -0.2) is 39.1 Å². The highest BCUT2D eigenvalue weighted by Gasteiger charge is 2.38. The van der Waals surface area contributed by atoms with E-state index in [1.165, 1.54) is 0 Å². The molecule has 0 aliphatic rings. The van der Waals surface area contributed by atoms with Gasteiger partial charge in [-0.1, -0.05) is 11.8 Å². The molecule has 0 radical (unpaired) electrons. The standard InChI is InChI=1S/C13H14F3N5O3S2/c1-3-24-10(23)9-6(2)4-8(26-9)18-7(22)5-25-12-20-19-11(21(12)17)13(14,15)16/h4H,3,5,17H2,1-2H3,(H,18,22). The van der Waals surface area contributed by atoms with Gasteiger partial charge in [-0.05, 0) is 25.5 Å². The van der Waals surface area contributed by atoms with Crippen LogP contribution in [-0.2, 0) is 15.7 Å². The molecule has 1 amide bonds. The fourth-order valence-electron chi connectivity index (χ4n) is 1.82. The number of nitrogen functional groups attached to an aromatic ring is 1. The molecule has 0 aliphatic carbocycles. The molecule has 0 bridgehead atoms. The summed E-state index contributed by atoms with van der Waals surface area (Å²) in [4.78, 5) is 24.1. The molecular weight excluding hydrogens is 395 g/mol. The third kappa shape index (κ3) is 4.66. The molecule has 8 nitrogen and oxygen atoms in total. The number of nitrogens with zero attached hydrogens (tertiary/aromatic N) is 3. The number of alkyl halides is 3. The molecule has 2 rings (SSSR count). The number of aryl methyl sites for hydroxylation is 1. The van der Waals surface area contributed by atoms with Crippen LogP contribution in [0.4, 0.5) is 18.2 Å². The van der Waals surface area contributed by atoms with Crippen molar-refractivity contribution < 1.29 is 27.5 Å². The lowest BCUT2D eigenvalue weighted by molar-refractivity contribution is -0.146. The zero-order chi connectivity index (χ0) is 19.5. The van der Waals surface area contributed by atoms with Gasteiger partial charge in [0, 0.05) is 0 Å². The number of esters is 1. The molecule has 0 unspecified atom stereocenters. The minimum Gasteiger partial charge on any atom is -0.462 e. The number of amides is 1. The van der Waals surface area contributed by atoms with Gasteiger partial charge in [-0.15, -0.1) is 21.5 Å². The van der Waals surface area contributed by atoms with E-state index >= 15 is 0 Å². The maximum Gasteiger partial charge on any atom is 0.453 e. The maximum absolute atomic E-state index is 12.6. The molecular formula is C13H14F3N5O3S2. The Labute approximate surface area is 153 Å². The quantitative estimate of drug-likeness (QED) is 0.428. The molecule has 0 saturated carbocycles. The summed E-state index contributed by atoms with van der Waals surface area (Å²) >= 11 is 1.75. The second-order valence-electron chi connectivity index (χ2n) is 4.85. The second-order valence-corrected chi connectivity index (χ2v) is 6.85. The van der Waals surface area contributed by atoms with Crippen molar-refractivity contribution in [2.24, 2.45) is 0 Å². The topological polar surface area (TPSA) is 112 Å². The highest BCUT2D eigenvalue weighted by atomic mass is 32.2. The first-order valence-electron chi connectivity index (χ1n) is 7.11. The summed E-state index contributed by atoms with van der Waals surface area (Å²) in [6.07, 6.45) is -4.74. The normalized spacial score (nSPS) is 11.4. The number of rotatable bonds is 6. The Hall–Kier alpha value is -2.28. The summed E-state index contributed by atoms with van der Waals surface area (Å²) in [5, 5.41) is 9.00. The molecule has 0 fully saturated rings. The smallest absolute Gasteiger partial charge is 0.453 e. The maximum atomic E-state index is 12.6. The summed E-state index contributed by atoms with van der Waals surface area (Å²) in [6, 6.07) is 1.60. The lowest BCUT2D eigenvalue weighted by Crippen LogP contribution is -2.21. The Kier molecular flexibility index (Phi) is 6.13. The van der Waals surface area contributed by atoms with Crippen LogP contribution in [0.25, 0.3) is 0 Å². The van der Waals surface area contributed by atoms with Crippen molar-refractivity contribution >= 4 is 40.0 Å². The first-order valence-corrected chi connectivity index (χ1v) is 8.91. The molecule has 142 valence electrons. The van der Waals surface area contributed by atoms with E-state index in [4.69, 9.17) is 10.6 Å². The molecule has 0 spiro atoms. The van der Waals surface area contributed by atoms with E-state index in [-0.39, 0.29) is 22.2 Å². The predicted molar refractivity (Wildman–Crippen MR) is 89.5 cm³/mol. The number of halogens is 3. The lowest BCUT2D eigenvalue weighted by Gasteiger charge is -2.06. The van der Waals surface area contributed by atoms with Gasteiger partial charge in [0.05, 0.1) is 17.4 Å². The van der Waals surface area contributed by atoms with Gasteiger partial charge >= 0.3 is 12.1 Å². The SMILES string of the molecule is CCOC(=O)c1sc(NC(=O)CSc2nnc(C(F)(F)F)n2N)cc1C. The van der Waals surface area contributed by atoms with Gasteiger partial charge in [-0.2, -0.15) is 13.2 Å². The number of aromatic nitrogens is 3. The monoisotopic (exact) mass is 409 g/mol. The number of carbonyl (C=O) groups is 2. The fourth-order valence-corrected chi connectivity index (χ4v) is 3.45. The summed E-state index contributed by atoms with van der Waals surface area (Å²) in [7, 11) is 0. The molecule has 0 saturated heterocycles. The lowest BCUT2D eigenvalue weighted by atomic mass is 10.3. The molecule has 2 aromatic heterocycles. The third-order valence-corrected chi connectivity index (χ3v) is 4.97. The number of anilines is 1. The molecule has 13 heteroatoms. The number of hydrogen-bond acceptors (Lipinski definition) is 8. The second kappa shape index (κ2) is 7.95. The van der Waals surface area contributed by atoms with Crippen molar-refractivity contribution in [1.82, 2.24) is 14.9 Å². The summed E-state index contributed by atoms with van der Waals surface area (Å²) < 4.78 is 42.9. The van der Waals surface area contributed by atoms with E-state index in [1.54, 1.807) is 19.9 Å². The number of nitrogens with one attached hydrogen (secondary N) is 1. The van der Waals surface area contributed by atoms with Crippen LogP contribution in [0.2, 0.25) is 0 Å². The van der Waals surface area contributed by atoms with Gasteiger partial charge in [0.1, 0.15) is 4.88 Å². The van der Waals surface area contributed by atoms with E-state index < -0.39 is 23.9 Å². The number of thiophene rings is 1. The molecule has 0 atom stereocenters. The van der Waals surface area contributed by atoms with E-state index in [0.717, 1.165) is 11.3 Å². The number of thioether (sulfide) groups is 1. The Morgan fingerprint density at radius 3 is 2.69 bits per heavy atom. The van der Waals surface area contributed by atoms with Gasteiger partial charge < -0.3 is 15.9 Å². The van der Waals surface area contributed by atoms with Gasteiger partial charge in [-0.25, -0.2) is 9.47 Å². The third-order valence-electron chi connectivity index (χ3n) is 2.89. The van der Waals surface area contributed by atoms with Crippen LogP contribution in [0.5, 0.6) is 0 Å². The summed E-state index contributed by atoms with van der Waals surface area (Å²) in [5.74, 6) is 2.71. The van der Waals surface area contributed by atoms with Crippen molar-refractivity contribution in [1.29, 1.82) is 0 Å². The summed E-state index contributed by atoms with van der Waals surface area (Å²) in [5.41, 5.74) is 0.646. The van der Waals surface area contributed by atoms with Crippen LogP contribution >= 0.6 is 23.1 Å². The van der Waals surface area contributed by atoms with Crippen LogP contribution in [0.3, 0.4) is 0 Å². The zero-order valence-electron chi connectivity index (χ0n) is 13.6. The van der Waals surface area contributed by atoms with E-state index in [0.29, 0.717) is 27.2 Å². The first kappa shape index (κ1) is 20.0. The predicted octanol–water partition coefficient (Wildman–Crippen LogP) is 2.29. The van der Waals surface area contributed by atoms with Crippen molar-refractivity contribution in [3.8, 4) is 0 Å². The van der Waals surface area contributed by atoms with Gasteiger partial charge in [-0.3, -0.25) is 4.79 Å². The highest BCUT2D eigenvalue weighted by Crippen LogP contribution is 2.30. The molecule has 26 heavy (non-hydrogen) atoms. The number of ether oxygens (including phenoxy) is 1. The van der Waals surface area contributed by atoms with Crippen molar-refractivity contribution in [3.63, 3.8) is 0 Å². The zero-order valence-corrected chi connectivity index (χ0v) is 15.2. The molecule has 0 aliphatic heterocycles. The van der Waals surface area contributed by atoms with Crippen molar-refractivity contribution in [2.45, 2.75) is 25.2 Å². The molecule has 3 N–H and O–H groups in total. The average Bonchev–Trinajstić information content (AvgIpc) is 3.08. The number of nitrogens with two attached hydrogens (primary N) is 1. The van der Waals surface area contributed by atoms with Crippen LogP contribution in [0.15, 0.2) is 11.2 Å². The largest absolute Gasteiger partial charge is 0.462 e. The van der Waals surface area contributed by atoms with Gasteiger partial charge in [0.2, 0.25) is 11.1 Å². The van der Waals surface area contributed by atoms with Crippen molar-refractivity contribution in [3.05, 3.63) is 22.3 Å². The number of carbonyl (C=O) groups excluding carboxylic acids is 2. The van der Waals surface area contributed by atoms with E-state index in [1.807, 2.05) is 0 Å². The Morgan fingerprint density at radius 1 is 1.42 bits per heavy atom. The Bertz CT molecular complexity index is 819. The van der Waals surface area contributed by atoms with Crippen LogP contribution in [0.1, 0.15) is 28.0 Å². The highest BCUT2D eigenvalue weighted by molar-refractivity contribution is 7.99. The van der Waals surface area contributed by atoms with Crippen LogP contribution in [0, 0.1) is 6.92 Å².